The Morgan fingerprint density at radius 1 is 1.83 bits per heavy atom. The zero-order chi connectivity index (χ0) is 4.83. The fourth-order valence-electron chi connectivity index (χ4n) is 0.199. The van der Waals surface area contributed by atoms with Crippen molar-refractivity contribution in [3.63, 3.8) is 0 Å². The average molecular weight is 213 g/mol. The molecule has 0 bridgehead atoms. The Morgan fingerprint density at radius 2 is 2.50 bits per heavy atom. The van der Waals surface area contributed by atoms with E-state index in [-0.39, 0.29) is 0 Å². The minimum absolute atomic E-state index is 1.01. The first-order chi connectivity index (χ1) is 2.91. The third-order valence-corrected chi connectivity index (χ3v) is 2.27. The van der Waals surface area contributed by atoms with Gasteiger partial charge in [0.1, 0.15) is 0 Å². The maximum absolute atomic E-state index is 2.38. The standard InChI is InChI=1S/C3H8BIP/c1-2-3-4-6-5/h6H,2-3H2,1H3. The summed E-state index contributed by atoms with van der Waals surface area (Å²) in [4.78, 5) is 0. The van der Waals surface area contributed by atoms with Crippen molar-refractivity contribution in [2.24, 2.45) is 0 Å². The number of hydrogen-bond donors (Lipinski definition) is 0. The molecule has 1 radical (unpaired) electrons. The number of halogens is 1. The third-order valence-electron chi connectivity index (χ3n) is 0.510. The van der Waals surface area contributed by atoms with E-state index in [2.05, 4.69) is 36.0 Å². The molecule has 0 saturated heterocycles. The van der Waals surface area contributed by atoms with Crippen LogP contribution in [-0.4, -0.2) is 7.00 Å². The Kier molecular flexibility index (Phi) is 7.50. The third kappa shape index (κ3) is 5.22. The smallest absolute Gasteiger partial charge is 0.0980 e. The van der Waals surface area contributed by atoms with Crippen LogP contribution in [0.3, 0.4) is 0 Å². The Hall–Kier alpha value is 1.22. The van der Waals surface area contributed by atoms with Crippen LogP contribution >= 0.6 is 28.1 Å². The molecular weight excluding hydrogens is 205 g/mol. The van der Waals surface area contributed by atoms with Gasteiger partial charge in [-0.3, -0.25) is 0 Å². The van der Waals surface area contributed by atoms with Crippen LogP contribution in [0.2, 0.25) is 6.32 Å². The molecule has 0 rings (SSSR count). The van der Waals surface area contributed by atoms with Crippen LogP contribution in [0.25, 0.3) is 0 Å². The largest absolute Gasteiger partial charge is 0.155 e. The van der Waals surface area contributed by atoms with Gasteiger partial charge in [0.2, 0.25) is 0 Å². The summed E-state index contributed by atoms with van der Waals surface area (Å²) in [6.07, 6.45) is 3.60. The second-order valence-electron chi connectivity index (χ2n) is 1.10. The van der Waals surface area contributed by atoms with Crippen LogP contribution in [0.15, 0.2) is 0 Å². The minimum atomic E-state index is 1.01. The normalized spacial score (nSPS) is 10.3. The molecule has 0 aliphatic heterocycles. The van der Waals surface area contributed by atoms with Gasteiger partial charge in [0.05, 0.1) is 0 Å². The Bertz CT molecular complexity index is 22.8. The summed E-state index contributed by atoms with van der Waals surface area (Å²) in [5.74, 6) is 0. The molecule has 0 heterocycles. The van der Waals surface area contributed by atoms with Crippen LogP contribution in [0, 0.1) is 0 Å². The second-order valence-corrected chi connectivity index (χ2v) is 3.60. The van der Waals surface area contributed by atoms with E-state index in [9.17, 15) is 0 Å². The van der Waals surface area contributed by atoms with Crippen molar-refractivity contribution in [3.8, 4) is 0 Å². The van der Waals surface area contributed by atoms with E-state index in [0.29, 0.717) is 0 Å². The zero-order valence-corrected chi connectivity index (χ0v) is 7.03. The molecule has 1 atom stereocenters. The lowest BCUT2D eigenvalue weighted by Crippen LogP contribution is -1.70. The van der Waals surface area contributed by atoms with Gasteiger partial charge in [0.25, 0.3) is 0 Å². The SMILES string of the molecule is CCC[B]PI. The summed E-state index contributed by atoms with van der Waals surface area (Å²) in [6, 6.07) is 0. The fraction of sp³-hybridized carbons (Fsp3) is 1.00. The molecule has 0 saturated carbocycles. The maximum atomic E-state index is 2.38. The summed E-state index contributed by atoms with van der Waals surface area (Å²) >= 11 is 2.38. The molecule has 35 valence electrons. The highest BCUT2D eigenvalue weighted by atomic mass is 127. The molecule has 0 N–H and O–H groups in total. The molecule has 0 aliphatic rings. The highest BCUT2D eigenvalue weighted by Crippen LogP contribution is 2.19. The minimum Gasteiger partial charge on any atom is -0.0980 e. The predicted molar refractivity (Wildman–Crippen MR) is 43.2 cm³/mol. The lowest BCUT2D eigenvalue weighted by molar-refractivity contribution is 1.08. The molecule has 0 aromatic carbocycles. The van der Waals surface area contributed by atoms with Crippen molar-refractivity contribution in [1.82, 2.24) is 0 Å². The van der Waals surface area contributed by atoms with Crippen LogP contribution in [0.4, 0.5) is 0 Å². The molecule has 0 amide bonds. The van der Waals surface area contributed by atoms with Gasteiger partial charge < -0.3 is 0 Å². The number of hydrogen-bond acceptors (Lipinski definition) is 0. The summed E-state index contributed by atoms with van der Waals surface area (Å²) in [7, 11) is 0. The number of rotatable bonds is 3. The van der Waals surface area contributed by atoms with Crippen LogP contribution < -0.4 is 0 Å². The van der Waals surface area contributed by atoms with Gasteiger partial charge in [0.15, 0.2) is 7.00 Å². The van der Waals surface area contributed by atoms with E-state index in [1.165, 1.54) is 12.7 Å². The highest BCUT2D eigenvalue weighted by Gasteiger charge is 1.80. The van der Waals surface area contributed by atoms with Crippen molar-refractivity contribution in [2.45, 2.75) is 19.7 Å². The van der Waals surface area contributed by atoms with E-state index in [4.69, 9.17) is 0 Å². The molecule has 6 heavy (non-hydrogen) atoms. The molecule has 0 fully saturated rings. The lowest BCUT2D eigenvalue weighted by atomic mass is 10.0. The molecule has 0 spiro atoms. The highest BCUT2D eigenvalue weighted by molar-refractivity contribution is 14.2. The summed E-state index contributed by atoms with van der Waals surface area (Å²) in [5.41, 5.74) is 0. The van der Waals surface area contributed by atoms with Crippen LogP contribution in [0.1, 0.15) is 13.3 Å². The van der Waals surface area contributed by atoms with E-state index >= 15 is 0 Å². The second kappa shape index (κ2) is 6.22. The molecule has 3 heteroatoms. The van der Waals surface area contributed by atoms with Gasteiger partial charge in [-0.15, -0.1) is 0 Å². The zero-order valence-electron chi connectivity index (χ0n) is 3.87. The summed E-state index contributed by atoms with van der Waals surface area (Å²) in [5, 5.41) is 0. The predicted octanol–water partition coefficient (Wildman–Crippen LogP) is 2.46. The monoisotopic (exact) mass is 213 g/mol. The molecular formula is C3H8BIP. The quantitative estimate of drug-likeness (QED) is 0.292. The first kappa shape index (κ1) is 7.22. The Labute approximate surface area is 54.9 Å². The van der Waals surface area contributed by atoms with E-state index in [0.717, 1.165) is 6.10 Å². The first-order valence-electron chi connectivity index (χ1n) is 2.09. The average Bonchev–Trinajstić information content (AvgIpc) is 1.61. The van der Waals surface area contributed by atoms with Crippen molar-refractivity contribution < 1.29 is 0 Å². The molecule has 1 unspecified atom stereocenters. The topological polar surface area (TPSA) is 0 Å². The van der Waals surface area contributed by atoms with Crippen molar-refractivity contribution in [2.75, 3.05) is 0 Å². The van der Waals surface area contributed by atoms with Crippen molar-refractivity contribution in [3.05, 3.63) is 0 Å². The van der Waals surface area contributed by atoms with Gasteiger partial charge in [-0.25, -0.2) is 0 Å². The summed E-state index contributed by atoms with van der Waals surface area (Å²) < 4.78 is 0. The van der Waals surface area contributed by atoms with E-state index in [1.807, 2.05) is 0 Å². The van der Waals surface area contributed by atoms with Crippen LogP contribution in [0.5, 0.6) is 0 Å². The van der Waals surface area contributed by atoms with Gasteiger partial charge in [-0.05, 0) is 0 Å². The van der Waals surface area contributed by atoms with Gasteiger partial charge >= 0.3 is 0 Å². The van der Waals surface area contributed by atoms with Gasteiger partial charge in [-0.1, -0.05) is 47.8 Å². The maximum Gasteiger partial charge on any atom is 0.155 e. The lowest BCUT2D eigenvalue weighted by Gasteiger charge is -1.82. The summed E-state index contributed by atoms with van der Waals surface area (Å²) in [6.45, 7) is 4.52. The van der Waals surface area contributed by atoms with Gasteiger partial charge in [0, 0.05) is 0 Å². The van der Waals surface area contributed by atoms with E-state index in [1.54, 1.807) is 0 Å². The van der Waals surface area contributed by atoms with Crippen molar-refractivity contribution >= 4 is 35.1 Å². The van der Waals surface area contributed by atoms with E-state index < -0.39 is 0 Å². The molecule has 0 aromatic heterocycles. The van der Waals surface area contributed by atoms with Gasteiger partial charge in [-0.2, -0.15) is 0 Å². The van der Waals surface area contributed by atoms with Crippen LogP contribution in [-0.2, 0) is 0 Å². The first-order valence-corrected chi connectivity index (χ1v) is 6.28. The Balaban J connectivity index is 2.34. The van der Waals surface area contributed by atoms with Crippen molar-refractivity contribution in [1.29, 1.82) is 0 Å². The molecule has 0 aliphatic carbocycles. The molecule has 0 nitrogen and oxygen atoms in total. The fourth-order valence-corrected chi connectivity index (χ4v) is 1.53. The Morgan fingerprint density at radius 3 is 2.67 bits per heavy atom. The molecule has 0 aromatic rings.